The summed E-state index contributed by atoms with van der Waals surface area (Å²) in [6, 6.07) is 1.55. The number of aromatic nitrogens is 1. The van der Waals surface area contributed by atoms with Crippen LogP contribution in [0.5, 0.6) is 5.88 Å². The molecule has 2 heterocycles. The molecule has 0 radical (unpaired) electrons. The van der Waals surface area contributed by atoms with Gasteiger partial charge in [0.2, 0.25) is 11.8 Å². The minimum absolute atomic E-state index is 0.143. The Kier molecular flexibility index (Phi) is 2.78. The molecule has 104 valence electrons. The molecule has 0 unspecified atom stereocenters. The fraction of sp³-hybridized carbons (Fsp3) is 0.643. The summed E-state index contributed by atoms with van der Waals surface area (Å²) in [4.78, 5) is 4.20. The third-order valence-corrected chi connectivity index (χ3v) is 4.02. The Balaban J connectivity index is 1.87. The van der Waals surface area contributed by atoms with E-state index in [2.05, 4.69) is 4.98 Å². The molecule has 3 nitrogen and oxygen atoms in total. The van der Waals surface area contributed by atoms with E-state index in [1.807, 2.05) is 0 Å². The van der Waals surface area contributed by atoms with Gasteiger partial charge in [-0.15, -0.1) is 0 Å². The van der Waals surface area contributed by atoms with Gasteiger partial charge >= 0.3 is 0 Å². The molecule has 0 amide bonds. The maximum absolute atomic E-state index is 13.0. The van der Waals surface area contributed by atoms with E-state index in [0.29, 0.717) is 11.4 Å². The van der Waals surface area contributed by atoms with E-state index in [-0.39, 0.29) is 18.1 Å². The Morgan fingerprint density at radius 2 is 2.26 bits per heavy atom. The Morgan fingerprint density at radius 1 is 1.53 bits per heavy atom. The van der Waals surface area contributed by atoms with Gasteiger partial charge in [0.1, 0.15) is 5.60 Å². The van der Waals surface area contributed by atoms with Gasteiger partial charge in [-0.3, -0.25) is 0 Å². The summed E-state index contributed by atoms with van der Waals surface area (Å²) < 4.78 is 32.0. The predicted octanol–water partition coefficient (Wildman–Crippen LogP) is 2.98. The Hall–Kier alpha value is -1.23. The van der Waals surface area contributed by atoms with E-state index in [1.165, 1.54) is 6.20 Å². The molecule has 3 rings (SSSR count). The zero-order valence-electron chi connectivity index (χ0n) is 11.0. The lowest BCUT2D eigenvalue weighted by atomic mass is 9.73. The van der Waals surface area contributed by atoms with Gasteiger partial charge in [0.15, 0.2) is 0 Å². The van der Waals surface area contributed by atoms with E-state index in [9.17, 15) is 8.78 Å². The van der Waals surface area contributed by atoms with Crippen molar-refractivity contribution >= 4 is 0 Å². The number of alkyl halides is 2. The van der Waals surface area contributed by atoms with Gasteiger partial charge in [-0.2, -0.15) is 0 Å². The molecular weight excluding hydrogens is 250 g/mol. The normalized spacial score (nSPS) is 24.5. The topological polar surface area (TPSA) is 48.1 Å². The third-order valence-electron chi connectivity index (χ3n) is 4.02. The monoisotopic (exact) mass is 268 g/mol. The summed E-state index contributed by atoms with van der Waals surface area (Å²) in [5, 5.41) is 0. The summed E-state index contributed by atoms with van der Waals surface area (Å²) in [5.74, 6) is -2.20. The van der Waals surface area contributed by atoms with Crippen molar-refractivity contribution in [1.82, 2.24) is 4.98 Å². The first kappa shape index (κ1) is 12.8. The number of nitrogens with two attached hydrogens (primary N) is 1. The first-order valence-electron chi connectivity index (χ1n) is 6.68. The Morgan fingerprint density at radius 3 is 2.84 bits per heavy atom. The molecule has 0 aromatic carbocycles. The van der Waals surface area contributed by atoms with E-state index >= 15 is 0 Å². The van der Waals surface area contributed by atoms with Crippen LogP contribution in [0.25, 0.3) is 0 Å². The molecular formula is C14H18F2N2O. The molecule has 0 bridgehead atoms. The molecule has 1 fully saturated rings. The Bertz CT molecular complexity index is 495. The van der Waals surface area contributed by atoms with Crippen molar-refractivity contribution in [3.63, 3.8) is 0 Å². The average molecular weight is 268 g/mol. The fourth-order valence-corrected chi connectivity index (χ4v) is 2.96. The highest BCUT2D eigenvalue weighted by molar-refractivity contribution is 5.36. The fourth-order valence-electron chi connectivity index (χ4n) is 2.96. The minimum atomic E-state index is -2.73. The van der Waals surface area contributed by atoms with Crippen LogP contribution in [0.3, 0.4) is 0 Å². The van der Waals surface area contributed by atoms with Gasteiger partial charge in [0.25, 0.3) is 0 Å². The number of hydrogen-bond donors (Lipinski definition) is 1. The predicted molar refractivity (Wildman–Crippen MR) is 67.3 cm³/mol. The van der Waals surface area contributed by atoms with Crippen LogP contribution in [0.1, 0.15) is 49.8 Å². The largest absolute Gasteiger partial charge is 0.471 e. The summed E-state index contributed by atoms with van der Waals surface area (Å²) in [7, 11) is 0. The number of fused-ring (bicyclic) bond motifs is 1. The van der Waals surface area contributed by atoms with Gasteiger partial charge in [0, 0.05) is 30.6 Å². The van der Waals surface area contributed by atoms with Crippen LogP contribution < -0.4 is 10.5 Å². The van der Waals surface area contributed by atoms with Crippen molar-refractivity contribution in [3.8, 4) is 5.88 Å². The van der Waals surface area contributed by atoms with E-state index in [4.69, 9.17) is 10.5 Å². The van der Waals surface area contributed by atoms with Gasteiger partial charge in [-0.1, -0.05) is 0 Å². The third kappa shape index (κ3) is 2.43. The SMILES string of the molecule is CC(F)(F)Cc1cnc2c(c1)[C@@H](N)CC1(CCC1)O2. The molecule has 1 spiro atoms. The summed E-state index contributed by atoms with van der Waals surface area (Å²) >= 11 is 0. The zero-order valence-corrected chi connectivity index (χ0v) is 11.0. The summed E-state index contributed by atoms with van der Waals surface area (Å²) in [6.45, 7) is 0.909. The number of pyridine rings is 1. The van der Waals surface area contributed by atoms with E-state index in [0.717, 1.165) is 38.2 Å². The highest BCUT2D eigenvalue weighted by Gasteiger charge is 2.45. The molecule has 2 N–H and O–H groups in total. The molecule has 1 saturated carbocycles. The van der Waals surface area contributed by atoms with Crippen LogP contribution in [0.4, 0.5) is 8.78 Å². The van der Waals surface area contributed by atoms with Crippen molar-refractivity contribution in [2.24, 2.45) is 5.73 Å². The number of ether oxygens (including phenoxy) is 1. The van der Waals surface area contributed by atoms with Gasteiger partial charge in [-0.05, 0) is 37.8 Å². The van der Waals surface area contributed by atoms with Crippen molar-refractivity contribution < 1.29 is 13.5 Å². The minimum Gasteiger partial charge on any atom is -0.471 e. The van der Waals surface area contributed by atoms with Gasteiger partial charge in [-0.25, -0.2) is 13.8 Å². The number of nitrogens with zero attached hydrogens (tertiary/aromatic N) is 1. The Labute approximate surface area is 111 Å². The highest BCUT2D eigenvalue weighted by Crippen LogP contribution is 2.47. The van der Waals surface area contributed by atoms with Crippen molar-refractivity contribution in [2.75, 3.05) is 0 Å². The smallest absolute Gasteiger partial charge is 0.249 e. The van der Waals surface area contributed by atoms with Crippen molar-refractivity contribution in [3.05, 3.63) is 23.4 Å². The van der Waals surface area contributed by atoms with E-state index < -0.39 is 5.92 Å². The van der Waals surface area contributed by atoms with Crippen LogP contribution in [0.2, 0.25) is 0 Å². The molecule has 1 aromatic rings. The second-order valence-electron chi connectivity index (χ2n) is 5.93. The van der Waals surface area contributed by atoms with Crippen LogP contribution in [-0.2, 0) is 6.42 Å². The molecule has 19 heavy (non-hydrogen) atoms. The molecule has 1 atom stereocenters. The molecule has 1 aliphatic heterocycles. The van der Waals surface area contributed by atoms with Gasteiger partial charge < -0.3 is 10.5 Å². The molecule has 1 aromatic heterocycles. The summed E-state index contributed by atoms with van der Waals surface area (Å²) in [5.41, 5.74) is 7.29. The van der Waals surface area contributed by atoms with Crippen molar-refractivity contribution in [1.29, 1.82) is 0 Å². The van der Waals surface area contributed by atoms with Gasteiger partial charge in [0.05, 0.1) is 0 Å². The molecule has 2 aliphatic rings. The standard InChI is InChI=1S/C14H18F2N2O/c1-13(15,16)6-9-5-10-11(17)7-14(3-2-4-14)19-12(10)18-8-9/h5,8,11H,2-4,6-7,17H2,1H3/t11-/m0/s1. The lowest BCUT2D eigenvalue weighted by molar-refractivity contribution is -0.0371. The lowest BCUT2D eigenvalue weighted by Crippen LogP contribution is -2.48. The maximum atomic E-state index is 13.0. The van der Waals surface area contributed by atoms with Crippen LogP contribution in [0.15, 0.2) is 12.3 Å². The second-order valence-corrected chi connectivity index (χ2v) is 5.93. The van der Waals surface area contributed by atoms with E-state index in [1.54, 1.807) is 6.07 Å². The zero-order chi connectivity index (χ0) is 13.7. The van der Waals surface area contributed by atoms with Crippen molar-refractivity contribution in [2.45, 2.75) is 56.6 Å². The van der Waals surface area contributed by atoms with Crippen LogP contribution in [0, 0.1) is 0 Å². The summed E-state index contributed by atoms with van der Waals surface area (Å²) in [6.07, 6.45) is 5.09. The lowest BCUT2D eigenvalue weighted by Gasteiger charge is -2.46. The first-order valence-corrected chi connectivity index (χ1v) is 6.68. The second kappa shape index (κ2) is 4.13. The number of hydrogen-bond acceptors (Lipinski definition) is 3. The number of rotatable bonds is 2. The number of halogens is 2. The quantitative estimate of drug-likeness (QED) is 0.897. The molecule has 0 saturated heterocycles. The molecule has 5 heteroatoms. The highest BCUT2D eigenvalue weighted by atomic mass is 19.3. The van der Waals surface area contributed by atoms with Crippen LogP contribution >= 0.6 is 0 Å². The first-order chi connectivity index (χ1) is 8.87. The van der Waals surface area contributed by atoms with Crippen LogP contribution in [-0.4, -0.2) is 16.5 Å². The molecule has 1 aliphatic carbocycles. The average Bonchev–Trinajstić information content (AvgIpc) is 2.25. The maximum Gasteiger partial charge on any atom is 0.249 e.